The molecule has 1 saturated heterocycles. The van der Waals surface area contributed by atoms with E-state index in [-0.39, 0.29) is 11.5 Å². The van der Waals surface area contributed by atoms with Crippen LogP contribution in [0.2, 0.25) is 0 Å². The molecule has 36 heavy (non-hydrogen) atoms. The number of alkyl carbamates (subject to hydrolysis) is 2. The fourth-order valence-corrected chi connectivity index (χ4v) is 5.79. The second-order valence-corrected chi connectivity index (χ2v) is 11.0. The van der Waals surface area contributed by atoms with Gasteiger partial charge in [0.15, 0.2) is 0 Å². The third-order valence-electron chi connectivity index (χ3n) is 7.98. The Morgan fingerprint density at radius 1 is 1.11 bits per heavy atom. The summed E-state index contributed by atoms with van der Waals surface area (Å²) in [5.41, 5.74) is 4.54. The lowest BCUT2D eigenvalue weighted by Crippen LogP contribution is -2.44. The molecule has 1 fully saturated rings. The maximum absolute atomic E-state index is 11.8. The van der Waals surface area contributed by atoms with E-state index in [1.165, 1.54) is 55.3 Å². The second kappa shape index (κ2) is 13.9. The first kappa shape index (κ1) is 28.3. The molecule has 202 valence electrons. The SMILES string of the molecule is CCCCCCC(C)NC(=O)OC(=O)NCCCCCCCc1ccc2c(c1)[C@]1(C)CCN[C@@H]1N2C. The van der Waals surface area contributed by atoms with Gasteiger partial charge < -0.3 is 20.3 Å². The molecule has 1 aromatic rings. The summed E-state index contributed by atoms with van der Waals surface area (Å²) in [6.07, 6.45) is 12.4. The second-order valence-electron chi connectivity index (χ2n) is 11.0. The van der Waals surface area contributed by atoms with E-state index in [2.05, 4.69) is 59.9 Å². The van der Waals surface area contributed by atoms with Crippen LogP contribution in [0.25, 0.3) is 0 Å². The molecule has 1 unspecified atom stereocenters. The Hall–Kier alpha value is -2.28. The summed E-state index contributed by atoms with van der Waals surface area (Å²) in [6.45, 7) is 8.14. The van der Waals surface area contributed by atoms with Crippen LogP contribution in [0.4, 0.5) is 15.3 Å². The van der Waals surface area contributed by atoms with Crippen LogP contribution in [0, 0.1) is 0 Å². The first-order chi connectivity index (χ1) is 17.3. The van der Waals surface area contributed by atoms with E-state index in [0.29, 0.717) is 12.7 Å². The van der Waals surface area contributed by atoms with E-state index in [1.807, 2.05) is 6.92 Å². The third-order valence-corrected chi connectivity index (χ3v) is 7.98. The van der Waals surface area contributed by atoms with Crippen LogP contribution in [-0.4, -0.2) is 44.5 Å². The number of nitrogens with zero attached hydrogens (tertiary/aromatic N) is 1. The lowest BCUT2D eigenvalue weighted by molar-refractivity contribution is 0.147. The number of unbranched alkanes of at least 4 members (excludes halogenated alkanes) is 7. The number of benzene rings is 1. The summed E-state index contributed by atoms with van der Waals surface area (Å²) in [7, 11) is 2.20. The van der Waals surface area contributed by atoms with Gasteiger partial charge in [0.25, 0.3) is 0 Å². The molecular weight excluding hydrogens is 452 g/mol. The Labute approximate surface area is 218 Å². The van der Waals surface area contributed by atoms with Gasteiger partial charge in [0.2, 0.25) is 0 Å². The molecule has 0 aliphatic carbocycles. The molecule has 7 nitrogen and oxygen atoms in total. The van der Waals surface area contributed by atoms with Crippen molar-refractivity contribution >= 4 is 17.9 Å². The lowest BCUT2D eigenvalue weighted by Gasteiger charge is -2.27. The number of hydrogen-bond acceptors (Lipinski definition) is 5. The third kappa shape index (κ3) is 7.61. The molecule has 0 saturated carbocycles. The number of nitrogens with one attached hydrogen (secondary N) is 3. The predicted molar refractivity (Wildman–Crippen MR) is 147 cm³/mol. The molecule has 7 heteroatoms. The highest BCUT2D eigenvalue weighted by atomic mass is 16.6. The number of carbonyl (C=O) groups excluding carboxylic acids is 2. The van der Waals surface area contributed by atoms with Crippen LogP contribution in [0.1, 0.15) is 103 Å². The number of amides is 2. The highest BCUT2D eigenvalue weighted by Gasteiger charge is 2.49. The number of likely N-dealkylation sites (N-methyl/N-ethyl adjacent to an activating group) is 1. The summed E-state index contributed by atoms with van der Waals surface area (Å²) in [4.78, 5) is 26.0. The number of anilines is 1. The number of ether oxygens (including phenoxy) is 1. The van der Waals surface area contributed by atoms with Crippen molar-refractivity contribution in [2.45, 2.75) is 115 Å². The summed E-state index contributed by atoms with van der Waals surface area (Å²) in [5.74, 6) is 0. The zero-order chi connectivity index (χ0) is 26.0. The Bertz CT molecular complexity index is 861. The maximum atomic E-state index is 11.8. The van der Waals surface area contributed by atoms with Crippen LogP contribution in [0.5, 0.6) is 0 Å². The average Bonchev–Trinajstić information content (AvgIpc) is 3.33. The Morgan fingerprint density at radius 2 is 1.86 bits per heavy atom. The quantitative estimate of drug-likeness (QED) is 0.216. The fourth-order valence-electron chi connectivity index (χ4n) is 5.79. The van der Waals surface area contributed by atoms with Crippen LogP contribution in [-0.2, 0) is 16.6 Å². The molecule has 3 N–H and O–H groups in total. The van der Waals surface area contributed by atoms with Gasteiger partial charge in [-0.3, -0.25) is 5.32 Å². The molecular formula is C29H48N4O3. The van der Waals surface area contributed by atoms with Crippen molar-refractivity contribution in [3.05, 3.63) is 29.3 Å². The molecule has 2 aliphatic heterocycles. The van der Waals surface area contributed by atoms with Crippen molar-refractivity contribution in [3.8, 4) is 0 Å². The topological polar surface area (TPSA) is 82.7 Å². The van der Waals surface area contributed by atoms with Crippen molar-refractivity contribution in [1.29, 1.82) is 0 Å². The van der Waals surface area contributed by atoms with E-state index >= 15 is 0 Å². The average molecular weight is 501 g/mol. The first-order valence-corrected chi connectivity index (χ1v) is 14.2. The van der Waals surface area contributed by atoms with E-state index in [4.69, 9.17) is 4.74 Å². The minimum atomic E-state index is -0.665. The summed E-state index contributed by atoms with van der Waals surface area (Å²) in [6, 6.07) is 7.05. The highest BCUT2D eigenvalue weighted by Crippen LogP contribution is 2.48. The zero-order valence-electron chi connectivity index (χ0n) is 23.0. The van der Waals surface area contributed by atoms with Gasteiger partial charge in [0.05, 0.1) is 6.17 Å². The van der Waals surface area contributed by atoms with Crippen molar-refractivity contribution in [2.24, 2.45) is 0 Å². The van der Waals surface area contributed by atoms with Crippen molar-refractivity contribution in [2.75, 3.05) is 25.0 Å². The van der Waals surface area contributed by atoms with Gasteiger partial charge in [0, 0.05) is 30.7 Å². The maximum Gasteiger partial charge on any atom is 0.416 e. The highest BCUT2D eigenvalue weighted by molar-refractivity contribution is 5.83. The van der Waals surface area contributed by atoms with Gasteiger partial charge in [-0.15, -0.1) is 0 Å². The minimum absolute atomic E-state index is 0.0139. The molecule has 2 amide bonds. The standard InChI is InChI=1S/C29H48N4O3/c1-5-6-7-11-14-22(2)32-28(35)36-27(34)31-19-13-10-8-9-12-15-23-16-17-25-24(21-23)29(3)18-20-30-26(29)33(25)4/h16-17,21-22,26,30H,5-15,18-20H2,1-4H3,(H,31,34)(H,32,35)/t22?,26-,29+/m1/s1. The van der Waals surface area contributed by atoms with E-state index in [9.17, 15) is 9.59 Å². The summed E-state index contributed by atoms with van der Waals surface area (Å²) in [5, 5.41) is 9.07. The van der Waals surface area contributed by atoms with E-state index < -0.39 is 12.2 Å². The Balaban J connectivity index is 1.22. The van der Waals surface area contributed by atoms with Crippen molar-refractivity contribution < 1.29 is 14.3 Å². The predicted octanol–water partition coefficient (Wildman–Crippen LogP) is 6.00. The zero-order valence-corrected chi connectivity index (χ0v) is 23.0. The van der Waals surface area contributed by atoms with Crippen LogP contribution < -0.4 is 20.9 Å². The van der Waals surface area contributed by atoms with E-state index in [0.717, 1.165) is 45.1 Å². The molecule has 2 aliphatic rings. The van der Waals surface area contributed by atoms with Crippen molar-refractivity contribution in [1.82, 2.24) is 16.0 Å². The van der Waals surface area contributed by atoms with Gasteiger partial charge >= 0.3 is 12.2 Å². The van der Waals surface area contributed by atoms with Gasteiger partial charge in [-0.25, -0.2) is 9.59 Å². The monoisotopic (exact) mass is 500 g/mol. The van der Waals surface area contributed by atoms with Crippen LogP contribution >= 0.6 is 0 Å². The largest absolute Gasteiger partial charge is 0.416 e. The van der Waals surface area contributed by atoms with Crippen LogP contribution in [0.3, 0.4) is 0 Å². The van der Waals surface area contributed by atoms with Crippen LogP contribution in [0.15, 0.2) is 18.2 Å². The minimum Gasteiger partial charge on any atom is -0.359 e. The molecule has 0 radical (unpaired) electrons. The van der Waals surface area contributed by atoms with Gasteiger partial charge in [-0.2, -0.15) is 0 Å². The number of aryl methyl sites for hydroxylation is 1. The molecule has 0 bridgehead atoms. The summed E-state index contributed by atoms with van der Waals surface area (Å²) < 4.78 is 4.81. The van der Waals surface area contributed by atoms with E-state index in [1.54, 1.807) is 0 Å². The van der Waals surface area contributed by atoms with Gasteiger partial charge in [-0.05, 0) is 62.8 Å². The molecule has 2 heterocycles. The number of hydrogen-bond donors (Lipinski definition) is 3. The van der Waals surface area contributed by atoms with Gasteiger partial charge in [-0.1, -0.05) is 70.9 Å². The molecule has 0 spiro atoms. The molecule has 3 atom stereocenters. The number of rotatable bonds is 14. The Kier molecular flexibility index (Phi) is 10.9. The number of carbonyl (C=O) groups is 2. The van der Waals surface area contributed by atoms with Gasteiger partial charge in [0.1, 0.15) is 0 Å². The lowest BCUT2D eigenvalue weighted by atomic mass is 9.80. The smallest absolute Gasteiger partial charge is 0.359 e. The summed E-state index contributed by atoms with van der Waals surface area (Å²) >= 11 is 0. The first-order valence-electron chi connectivity index (χ1n) is 14.2. The van der Waals surface area contributed by atoms with Crippen molar-refractivity contribution in [3.63, 3.8) is 0 Å². The fraction of sp³-hybridized carbons (Fsp3) is 0.724. The Morgan fingerprint density at radius 3 is 2.67 bits per heavy atom. The molecule has 1 aromatic carbocycles. The molecule has 0 aromatic heterocycles. The molecule has 3 rings (SSSR count). The number of fused-ring (bicyclic) bond motifs is 3. The normalized spacial score (nSPS) is 21.1.